The van der Waals surface area contributed by atoms with Crippen molar-refractivity contribution in [3.63, 3.8) is 0 Å². The summed E-state index contributed by atoms with van der Waals surface area (Å²) >= 11 is 3.22. The van der Waals surface area contributed by atoms with Crippen LogP contribution in [0, 0.1) is 0 Å². The zero-order chi connectivity index (χ0) is 13.1. The third kappa shape index (κ3) is 2.72. The number of anilines is 2. The maximum Gasteiger partial charge on any atom is 0.237 e. The number of para-hydroxylation sites is 2. The number of hydrogen-bond acceptors (Lipinski definition) is 2. The summed E-state index contributed by atoms with van der Waals surface area (Å²) < 4.78 is 0. The quantitative estimate of drug-likeness (QED) is 0.872. The molecule has 1 fully saturated rings. The largest absolute Gasteiger partial charge is 0.323 e. The highest BCUT2D eigenvalue weighted by Crippen LogP contribution is 2.29. The van der Waals surface area contributed by atoms with E-state index in [-0.39, 0.29) is 16.6 Å². The molecule has 1 atom stereocenters. The molecule has 4 nitrogen and oxygen atoms in total. The summed E-state index contributed by atoms with van der Waals surface area (Å²) in [5.74, 6) is -0.00214. The van der Waals surface area contributed by atoms with Gasteiger partial charge in [0.1, 0.15) is 0 Å². The van der Waals surface area contributed by atoms with Crippen molar-refractivity contribution in [1.82, 2.24) is 0 Å². The van der Waals surface area contributed by atoms with Crippen molar-refractivity contribution >= 4 is 39.1 Å². The molecule has 1 aliphatic rings. The molecular formula is C13H15BrN2O2. The monoisotopic (exact) mass is 310 g/mol. The topological polar surface area (TPSA) is 49.4 Å². The molecule has 1 unspecified atom stereocenters. The highest BCUT2D eigenvalue weighted by Gasteiger charge is 2.24. The Morgan fingerprint density at radius 2 is 2.17 bits per heavy atom. The highest BCUT2D eigenvalue weighted by atomic mass is 79.9. The zero-order valence-electron chi connectivity index (χ0n) is 10.1. The Morgan fingerprint density at radius 3 is 2.78 bits per heavy atom. The smallest absolute Gasteiger partial charge is 0.237 e. The molecule has 18 heavy (non-hydrogen) atoms. The average molecular weight is 311 g/mol. The van der Waals surface area contributed by atoms with Crippen LogP contribution in [0.2, 0.25) is 0 Å². The normalized spacial score (nSPS) is 16.8. The van der Waals surface area contributed by atoms with Crippen LogP contribution in [0.1, 0.15) is 19.8 Å². The van der Waals surface area contributed by atoms with Crippen molar-refractivity contribution in [3.8, 4) is 0 Å². The van der Waals surface area contributed by atoms with Crippen LogP contribution in [-0.4, -0.2) is 23.2 Å². The van der Waals surface area contributed by atoms with Gasteiger partial charge in [-0.2, -0.15) is 0 Å². The van der Waals surface area contributed by atoms with Crippen LogP contribution in [0.15, 0.2) is 24.3 Å². The summed E-state index contributed by atoms with van der Waals surface area (Å²) in [6, 6.07) is 7.39. The summed E-state index contributed by atoms with van der Waals surface area (Å²) in [7, 11) is 0. The minimum absolute atomic E-state index is 0.114. The van der Waals surface area contributed by atoms with E-state index >= 15 is 0 Å². The molecule has 1 heterocycles. The Hall–Kier alpha value is -1.36. The lowest BCUT2D eigenvalue weighted by atomic mass is 10.2. The van der Waals surface area contributed by atoms with E-state index in [1.807, 2.05) is 24.3 Å². The van der Waals surface area contributed by atoms with Crippen LogP contribution < -0.4 is 10.2 Å². The van der Waals surface area contributed by atoms with Crippen LogP contribution in [0.4, 0.5) is 11.4 Å². The Labute approximate surface area is 114 Å². The number of benzene rings is 1. The fraction of sp³-hybridized carbons (Fsp3) is 0.385. The van der Waals surface area contributed by atoms with Crippen molar-refractivity contribution in [1.29, 1.82) is 0 Å². The first-order chi connectivity index (χ1) is 8.59. The summed E-state index contributed by atoms with van der Waals surface area (Å²) in [4.78, 5) is 24.9. The third-order valence-corrected chi connectivity index (χ3v) is 3.30. The number of alkyl halides is 1. The van der Waals surface area contributed by atoms with Crippen LogP contribution in [0.25, 0.3) is 0 Å². The van der Waals surface area contributed by atoms with Gasteiger partial charge in [-0.15, -0.1) is 0 Å². The standard InChI is InChI=1S/C13H15BrN2O2/c1-9(14)13(18)15-10-5-2-3-6-11(10)16-8-4-7-12(16)17/h2-3,5-6,9H,4,7-8H2,1H3,(H,15,18). The zero-order valence-corrected chi connectivity index (χ0v) is 11.7. The number of carbonyl (C=O) groups is 2. The van der Waals surface area contributed by atoms with E-state index in [9.17, 15) is 9.59 Å². The van der Waals surface area contributed by atoms with Gasteiger partial charge in [-0.25, -0.2) is 0 Å². The third-order valence-electron chi connectivity index (χ3n) is 2.89. The Bertz CT molecular complexity index is 474. The van der Waals surface area contributed by atoms with E-state index in [0.29, 0.717) is 12.1 Å². The van der Waals surface area contributed by atoms with E-state index < -0.39 is 0 Å². The van der Waals surface area contributed by atoms with Gasteiger partial charge in [0.15, 0.2) is 0 Å². The maximum atomic E-state index is 11.8. The van der Waals surface area contributed by atoms with Gasteiger partial charge in [-0.05, 0) is 25.5 Å². The Morgan fingerprint density at radius 1 is 1.44 bits per heavy atom. The van der Waals surface area contributed by atoms with E-state index in [1.165, 1.54) is 0 Å². The van der Waals surface area contributed by atoms with Gasteiger partial charge < -0.3 is 10.2 Å². The summed E-state index contributed by atoms with van der Waals surface area (Å²) in [5.41, 5.74) is 1.46. The van der Waals surface area contributed by atoms with E-state index in [1.54, 1.807) is 11.8 Å². The summed E-state index contributed by atoms with van der Waals surface area (Å²) in [5, 5.41) is 2.83. The Kier molecular flexibility index (Phi) is 4.01. The lowest BCUT2D eigenvalue weighted by Gasteiger charge is -2.20. The lowest BCUT2D eigenvalue weighted by molar-refractivity contribution is -0.117. The van der Waals surface area contributed by atoms with Gasteiger partial charge in [-0.1, -0.05) is 28.1 Å². The van der Waals surface area contributed by atoms with Crippen LogP contribution in [0.5, 0.6) is 0 Å². The second-order valence-electron chi connectivity index (χ2n) is 4.27. The molecule has 1 aliphatic heterocycles. The minimum Gasteiger partial charge on any atom is -0.323 e. The fourth-order valence-electron chi connectivity index (χ4n) is 1.95. The van der Waals surface area contributed by atoms with Crippen LogP contribution >= 0.6 is 15.9 Å². The number of amides is 2. The molecule has 1 aromatic rings. The van der Waals surface area contributed by atoms with Gasteiger partial charge in [0.05, 0.1) is 16.2 Å². The first-order valence-electron chi connectivity index (χ1n) is 5.94. The SMILES string of the molecule is CC(Br)C(=O)Nc1ccccc1N1CCCC1=O. The van der Waals surface area contributed by atoms with E-state index in [0.717, 1.165) is 18.7 Å². The number of rotatable bonds is 3. The molecule has 0 spiro atoms. The molecule has 2 rings (SSSR count). The van der Waals surface area contributed by atoms with Crippen molar-refractivity contribution in [2.75, 3.05) is 16.8 Å². The first kappa shape index (κ1) is 13.1. The molecule has 1 aromatic carbocycles. The van der Waals surface area contributed by atoms with Gasteiger partial charge >= 0.3 is 0 Å². The van der Waals surface area contributed by atoms with Gasteiger partial charge in [0.25, 0.3) is 0 Å². The van der Waals surface area contributed by atoms with Crippen molar-refractivity contribution in [2.24, 2.45) is 0 Å². The number of nitrogens with zero attached hydrogens (tertiary/aromatic N) is 1. The molecule has 96 valence electrons. The van der Waals surface area contributed by atoms with Gasteiger partial charge in [0.2, 0.25) is 11.8 Å². The van der Waals surface area contributed by atoms with Gasteiger partial charge in [-0.3, -0.25) is 9.59 Å². The summed E-state index contributed by atoms with van der Waals surface area (Å²) in [6.07, 6.45) is 1.45. The molecule has 1 N–H and O–H groups in total. The van der Waals surface area contributed by atoms with E-state index in [2.05, 4.69) is 21.2 Å². The summed E-state index contributed by atoms with van der Waals surface area (Å²) in [6.45, 7) is 2.48. The highest BCUT2D eigenvalue weighted by molar-refractivity contribution is 9.10. The second kappa shape index (κ2) is 5.52. The molecule has 0 radical (unpaired) electrons. The molecule has 0 aliphatic carbocycles. The number of carbonyl (C=O) groups excluding carboxylic acids is 2. The van der Waals surface area contributed by atoms with Crippen molar-refractivity contribution in [2.45, 2.75) is 24.6 Å². The van der Waals surface area contributed by atoms with E-state index in [4.69, 9.17) is 0 Å². The fourth-order valence-corrected chi connectivity index (χ4v) is 2.06. The molecule has 0 bridgehead atoms. The lowest BCUT2D eigenvalue weighted by Crippen LogP contribution is -2.27. The second-order valence-corrected chi connectivity index (χ2v) is 5.64. The van der Waals surface area contributed by atoms with Crippen molar-refractivity contribution in [3.05, 3.63) is 24.3 Å². The maximum absolute atomic E-state index is 11.8. The molecule has 1 saturated heterocycles. The molecule has 5 heteroatoms. The molecule has 0 saturated carbocycles. The number of hydrogen-bond donors (Lipinski definition) is 1. The predicted octanol–water partition coefficient (Wildman–Crippen LogP) is 2.54. The predicted molar refractivity (Wildman–Crippen MR) is 75.0 cm³/mol. The first-order valence-corrected chi connectivity index (χ1v) is 6.85. The molecule has 2 amide bonds. The van der Waals surface area contributed by atoms with Crippen LogP contribution in [0.3, 0.4) is 0 Å². The molecule has 0 aromatic heterocycles. The minimum atomic E-state index is -0.264. The molecular weight excluding hydrogens is 296 g/mol. The average Bonchev–Trinajstić information content (AvgIpc) is 2.76. The number of nitrogens with one attached hydrogen (secondary N) is 1. The number of halogens is 1. The van der Waals surface area contributed by atoms with Gasteiger partial charge in [0, 0.05) is 13.0 Å². The Balaban J connectivity index is 2.25. The van der Waals surface area contributed by atoms with Crippen LogP contribution in [-0.2, 0) is 9.59 Å². The van der Waals surface area contributed by atoms with Crippen molar-refractivity contribution < 1.29 is 9.59 Å².